The molecule has 1 aromatic rings. The maximum atomic E-state index is 13.7. The maximum Gasteiger partial charge on any atom is 0.165 e. The van der Waals surface area contributed by atoms with Gasteiger partial charge in [-0.15, -0.1) is 0 Å². The third-order valence-corrected chi connectivity index (χ3v) is 4.16. The average molecular weight is 295 g/mol. The van der Waals surface area contributed by atoms with Crippen molar-refractivity contribution in [2.45, 2.75) is 38.7 Å². The first kappa shape index (κ1) is 16.2. The van der Waals surface area contributed by atoms with Gasteiger partial charge in [0.15, 0.2) is 11.6 Å². The van der Waals surface area contributed by atoms with Gasteiger partial charge < -0.3 is 14.7 Å². The summed E-state index contributed by atoms with van der Waals surface area (Å²) in [4.78, 5) is 2.40. The second-order valence-electron chi connectivity index (χ2n) is 6.56. The van der Waals surface area contributed by atoms with Crippen LogP contribution in [0.2, 0.25) is 0 Å². The molecule has 1 aliphatic heterocycles. The minimum absolute atomic E-state index is 0.248. The number of hydrogen-bond donors (Lipinski definition) is 1. The van der Waals surface area contributed by atoms with Crippen LogP contribution in [0.25, 0.3) is 0 Å². The summed E-state index contributed by atoms with van der Waals surface area (Å²) in [6.45, 7) is 7.32. The molecule has 1 fully saturated rings. The van der Waals surface area contributed by atoms with Gasteiger partial charge in [0, 0.05) is 26.1 Å². The average Bonchev–Trinajstić information content (AvgIpc) is 2.41. The smallest absolute Gasteiger partial charge is 0.165 e. The third-order valence-electron chi connectivity index (χ3n) is 4.16. The van der Waals surface area contributed by atoms with E-state index in [9.17, 15) is 9.50 Å². The van der Waals surface area contributed by atoms with Gasteiger partial charge in [-0.2, -0.15) is 0 Å². The van der Waals surface area contributed by atoms with Crippen LogP contribution < -0.4 is 4.74 Å². The fourth-order valence-electron chi connectivity index (χ4n) is 3.04. The Morgan fingerprint density at radius 3 is 2.52 bits per heavy atom. The molecule has 1 aliphatic rings. The van der Waals surface area contributed by atoms with Crippen LogP contribution in [0.4, 0.5) is 4.39 Å². The molecular formula is C17H26FNO2. The quantitative estimate of drug-likeness (QED) is 0.906. The van der Waals surface area contributed by atoms with Crippen molar-refractivity contribution in [3.8, 4) is 5.75 Å². The van der Waals surface area contributed by atoms with Crippen molar-refractivity contribution in [1.29, 1.82) is 0 Å². The Hall–Kier alpha value is -1.13. The highest BCUT2D eigenvalue weighted by atomic mass is 19.1. The summed E-state index contributed by atoms with van der Waals surface area (Å²) in [6.07, 6.45) is 1.99. The summed E-state index contributed by atoms with van der Waals surface area (Å²) < 4.78 is 18.6. The normalized spacial score (nSPS) is 19.0. The van der Waals surface area contributed by atoms with Gasteiger partial charge in [0.1, 0.15) is 0 Å². The SMILES string of the molecule is COc1ccc(CC2(O)CCN(CC(C)C)CC2)cc1F. The Balaban J connectivity index is 1.95. The van der Waals surface area contributed by atoms with E-state index in [1.807, 2.05) is 6.07 Å². The molecule has 1 N–H and O–H groups in total. The van der Waals surface area contributed by atoms with E-state index in [2.05, 4.69) is 18.7 Å². The van der Waals surface area contributed by atoms with Crippen molar-refractivity contribution in [3.05, 3.63) is 29.6 Å². The van der Waals surface area contributed by atoms with E-state index >= 15 is 0 Å². The van der Waals surface area contributed by atoms with E-state index in [4.69, 9.17) is 4.74 Å². The summed E-state index contributed by atoms with van der Waals surface area (Å²) in [7, 11) is 1.45. The minimum atomic E-state index is -0.714. The van der Waals surface area contributed by atoms with Gasteiger partial charge in [0.05, 0.1) is 12.7 Å². The number of ether oxygens (including phenoxy) is 1. The lowest BCUT2D eigenvalue weighted by molar-refractivity contribution is -0.0227. The molecule has 1 heterocycles. The molecule has 0 unspecified atom stereocenters. The molecular weight excluding hydrogens is 269 g/mol. The monoisotopic (exact) mass is 295 g/mol. The fourth-order valence-corrected chi connectivity index (χ4v) is 3.04. The van der Waals surface area contributed by atoms with Crippen LogP contribution in [0.1, 0.15) is 32.3 Å². The molecule has 0 amide bonds. The number of rotatable bonds is 5. The zero-order valence-corrected chi connectivity index (χ0v) is 13.2. The lowest BCUT2D eigenvalue weighted by atomic mass is 9.85. The van der Waals surface area contributed by atoms with Gasteiger partial charge in [0.2, 0.25) is 0 Å². The minimum Gasteiger partial charge on any atom is -0.494 e. The van der Waals surface area contributed by atoms with Crippen molar-refractivity contribution in [2.75, 3.05) is 26.7 Å². The van der Waals surface area contributed by atoms with E-state index in [1.165, 1.54) is 13.2 Å². The molecule has 0 bridgehead atoms. The molecule has 1 aromatic carbocycles. The first-order valence-corrected chi connectivity index (χ1v) is 7.69. The summed E-state index contributed by atoms with van der Waals surface area (Å²) >= 11 is 0. The van der Waals surface area contributed by atoms with Gasteiger partial charge >= 0.3 is 0 Å². The molecule has 4 heteroatoms. The van der Waals surface area contributed by atoms with Crippen molar-refractivity contribution in [3.63, 3.8) is 0 Å². The zero-order valence-electron chi connectivity index (χ0n) is 13.2. The van der Waals surface area contributed by atoms with Crippen LogP contribution in [0.15, 0.2) is 18.2 Å². The number of halogens is 1. The molecule has 1 saturated heterocycles. The van der Waals surface area contributed by atoms with Crippen LogP contribution in [-0.2, 0) is 6.42 Å². The molecule has 0 aliphatic carbocycles. The topological polar surface area (TPSA) is 32.7 Å². The number of piperidine rings is 1. The van der Waals surface area contributed by atoms with Gasteiger partial charge in [-0.25, -0.2) is 4.39 Å². The number of benzene rings is 1. The molecule has 0 spiro atoms. The van der Waals surface area contributed by atoms with E-state index in [-0.39, 0.29) is 11.6 Å². The Kier molecular flexibility index (Phi) is 5.22. The molecule has 21 heavy (non-hydrogen) atoms. The molecule has 2 rings (SSSR count). The van der Waals surface area contributed by atoms with Crippen LogP contribution in [0.5, 0.6) is 5.75 Å². The summed E-state index contributed by atoms with van der Waals surface area (Å²) in [6, 6.07) is 4.93. The second-order valence-corrected chi connectivity index (χ2v) is 6.56. The maximum absolute atomic E-state index is 13.7. The fraction of sp³-hybridized carbons (Fsp3) is 0.647. The number of methoxy groups -OCH3 is 1. The van der Waals surface area contributed by atoms with Crippen molar-refractivity contribution in [1.82, 2.24) is 4.90 Å². The predicted molar refractivity (Wildman–Crippen MR) is 82.1 cm³/mol. The summed E-state index contributed by atoms with van der Waals surface area (Å²) in [5.74, 6) is 0.528. The number of likely N-dealkylation sites (tertiary alicyclic amines) is 1. The molecule has 0 radical (unpaired) electrons. The van der Waals surface area contributed by atoms with Crippen LogP contribution in [0, 0.1) is 11.7 Å². The first-order chi connectivity index (χ1) is 9.92. The molecule has 0 aromatic heterocycles. The predicted octanol–water partition coefficient (Wildman–Crippen LogP) is 2.86. The number of hydrogen-bond acceptors (Lipinski definition) is 3. The Bertz CT molecular complexity index is 468. The van der Waals surface area contributed by atoms with E-state index in [0.29, 0.717) is 12.3 Å². The largest absolute Gasteiger partial charge is 0.494 e. The van der Waals surface area contributed by atoms with Gasteiger partial charge in [-0.1, -0.05) is 19.9 Å². The molecule has 118 valence electrons. The highest BCUT2D eigenvalue weighted by Gasteiger charge is 2.32. The van der Waals surface area contributed by atoms with Gasteiger partial charge in [-0.05, 0) is 36.5 Å². The van der Waals surface area contributed by atoms with E-state index in [0.717, 1.165) is 38.0 Å². The summed E-state index contributed by atoms with van der Waals surface area (Å²) in [5.41, 5.74) is 0.113. The van der Waals surface area contributed by atoms with Crippen LogP contribution in [0.3, 0.4) is 0 Å². The van der Waals surface area contributed by atoms with Crippen molar-refractivity contribution < 1.29 is 14.2 Å². The molecule has 0 atom stereocenters. The molecule has 0 saturated carbocycles. The highest BCUT2D eigenvalue weighted by Crippen LogP contribution is 2.28. The van der Waals surface area contributed by atoms with E-state index in [1.54, 1.807) is 6.07 Å². The zero-order chi connectivity index (χ0) is 15.5. The Labute approximate surface area is 126 Å². The van der Waals surface area contributed by atoms with Crippen molar-refractivity contribution >= 4 is 0 Å². The second kappa shape index (κ2) is 6.75. The third kappa shape index (κ3) is 4.42. The lowest BCUT2D eigenvalue weighted by Crippen LogP contribution is -2.46. The van der Waals surface area contributed by atoms with Gasteiger partial charge in [0.25, 0.3) is 0 Å². The van der Waals surface area contributed by atoms with Crippen molar-refractivity contribution in [2.24, 2.45) is 5.92 Å². The van der Waals surface area contributed by atoms with E-state index < -0.39 is 5.60 Å². The Morgan fingerprint density at radius 2 is 2.00 bits per heavy atom. The summed E-state index contributed by atoms with van der Waals surface area (Å²) in [5, 5.41) is 10.7. The first-order valence-electron chi connectivity index (χ1n) is 7.69. The highest BCUT2D eigenvalue weighted by molar-refractivity contribution is 5.30. The lowest BCUT2D eigenvalue weighted by Gasteiger charge is -2.39. The number of aliphatic hydroxyl groups is 1. The Morgan fingerprint density at radius 1 is 1.33 bits per heavy atom. The van der Waals surface area contributed by atoms with Crippen LogP contribution >= 0.6 is 0 Å². The number of nitrogens with zero attached hydrogens (tertiary/aromatic N) is 1. The van der Waals surface area contributed by atoms with Crippen LogP contribution in [-0.4, -0.2) is 42.4 Å². The standard InChI is InChI=1S/C17H26FNO2/c1-13(2)12-19-8-6-17(20,7-9-19)11-14-4-5-16(21-3)15(18)10-14/h4-5,10,13,20H,6-9,11-12H2,1-3H3. The molecule has 3 nitrogen and oxygen atoms in total. The van der Waals surface area contributed by atoms with Gasteiger partial charge in [-0.3, -0.25) is 0 Å².